The van der Waals surface area contributed by atoms with Crippen LogP contribution in [0.15, 0.2) is 36.4 Å². The highest BCUT2D eigenvalue weighted by atomic mass is 35.5. The van der Waals surface area contributed by atoms with E-state index >= 15 is 0 Å². The van der Waals surface area contributed by atoms with Gasteiger partial charge in [-0.05, 0) is 55.7 Å². The first kappa shape index (κ1) is 23.9. The minimum absolute atomic E-state index is 0.0141. The SMILES string of the molecule is CCOc1ccc(Cc2cc(C3(C(O)CC(C)O)OCC(CO)O3)ccc2Cl)cc1F. The lowest BCUT2D eigenvalue weighted by atomic mass is 9.93. The Morgan fingerprint density at radius 3 is 2.65 bits per heavy atom. The average Bonchev–Trinajstić information content (AvgIpc) is 3.17. The summed E-state index contributed by atoms with van der Waals surface area (Å²) in [6, 6.07) is 9.81. The molecule has 0 amide bonds. The molecule has 1 heterocycles. The first-order valence-corrected chi connectivity index (χ1v) is 10.7. The summed E-state index contributed by atoms with van der Waals surface area (Å²) in [6.45, 7) is 3.54. The molecule has 1 aliphatic rings. The van der Waals surface area contributed by atoms with Crippen LogP contribution in [-0.2, 0) is 21.7 Å². The van der Waals surface area contributed by atoms with E-state index in [4.69, 9.17) is 25.8 Å². The summed E-state index contributed by atoms with van der Waals surface area (Å²) in [6.07, 6.45) is -2.22. The second kappa shape index (κ2) is 10.3. The van der Waals surface area contributed by atoms with Gasteiger partial charge in [0.05, 0.1) is 25.9 Å². The molecule has 3 N–H and O–H groups in total. The van der Waals surface area contributed by atoms with Crippen molar-refractivity contribution in [2.75, 3.05) is 19.8 Å². The first-order valence-electron chi connectivity index (χ1n) is 10.3. The summed E-state index contributed by atoms with van der Waals surface area (Å²) < 4.78 is 31.2. The number of ether oxygens (including phenoxy) is 3. The van der Waals surface area contributed by atoms with Crippen molar-refractivity contribution < 1.29 is 33.9 Å². The van der Waals surface area contributed by atoms with E-state index in [0.29, 0.717) is 34.7 Å². The highest BCUT2D eigenvalue weighted by Crippen LogP contribution is 2.40. The Balaban J connectivity index is 1.93. The molecule has 0 saturated carbocycles. The van der Waals surface area contributed by atoms with Gasteiger partial charge in [-0.3, -0.25) is 0 Å². The monoisotopic (exact) mass is 454 g/mol. The fourth-order valence-electron chi connectivity index (χ4n) is 3.69. The Hall–Kier alpha value is -1.74. The zero-order valence-electron chi connectivity index (χ0n) is 17.6. The molecule has 31 heavy (non-hydrogen) atoms. The molecule has 3 rings (SSSR count). The summed E-state index contributed by atoms with van der Waals surface area (Å²) in [5, 5.41) is 30.5. The van der Waals surface area contributed by atoms with E-state index in [9.17, 15) is 19.7 Å². The summed E-state index contributed by atoms with van der Waals surface area (Å²) in [4.78, 5) is 0. The van der Waals surface area contributed by atoms with Crippen LogP contribution in [0.3, 0.4) is 0 Å². The quantitative estimate of drug-likeness (QED) is 0.539. The number of benzene rings is 2. The van der Waals surface area contributed by atoms with Crippen LogP contribution in [0, 0.1) is 5.82 Å². The van der Waals surface area contributed by atoms with Gasteiger partial charge in [0.15, 0.2) is 11.6 Å². The predicted octanol–water partition coefficient (Wildman–Crippen LogP) is 3.16. The minimum atomic E-state index is -1.55. The van der Waals surface area contributed by atoms with E-state index in [1.807, 2.05) is 0 Å². The van der Waals surface area contributed by atoms with Gasteiger partial charge in [-0.1, -0.05) is 23.7 Å². The molecule has 0 aliphatic carbocycles. The fourth-order valence-corrected chi connectivity index (χ4v) is 3.88. The maximum absolute atomic E-state index is 14.3. The molecular weight excluding hydrogens is 427 g/mol. The average molecular weight is 455 g/mol. The Morgan fingerprint density at radius 2 is 2.03 bits per heavy atom. The third-order valence-corrected chi connectivity index (χ3v) is 5.54. The molecule has 0 bridgehead atoms. The van der Waals surface area contributed by atoms with Crippen molar-refractivity contribution in [1.29, 1.82) is 0 Å². The molecule has 8 heteroatoms. The standard InChI is InChI=1S/C23H28ClFO6/c1-3-29-21-7-4-15(10-20(21)25)9-16-11-17(5-6-19(16)24)23(22(28)8-14(2)27)30-13-18(12-26)31-23/h4-7,10-11,14,18,22,26-28H,3,8-9,12-13H2,1-2H3. The van der Waals surface area contributed by atoms with E-state index < -0.39 is 29.9 Å². The van der Waals surface area contributed by atoms with Gasteiger partial charge in [0.1, 0.15) is 12.2 Å². The van der Waals surface area contributed by atoms with Gasteiger partial charge in [0.25, 0.3) is 0 Å². The van der Waals surface area contributed by atoms with Crippen LogP contribution in [-0.4, -0.2) is 53.5 Å². The number of rotatable bonds is 9. The van der Waals surface area contributed by atoms with Crippen LogP contribution < -0.4 is 4.74 Å². The van der Waals surface area contributed by atoms with Crippen LogP contribution in [0.2, 0.25) is 5.02 Å². The van der Waals surface area contributed by atoms with Crippen molar-refractivity contribution in [3.63, 3.8) is 0 Å². The van der Waals surface area contributed by atoms with E-state index in [1.165, 1.54) is 6.07 Å². The molecule has 1 fully saturated rings. The van der Waals surface area contributed by atoms with Gasteiger partial charge >= 0.3 is 0 Å². The van der Waals surface area contributed by atoms with Gasteiger partial charge in [0.2, 0.25) is 5.79 Å². The lowest BCUT2D eigenvalue weighted by Gasteiger charge is -2.34. The van der Waals surface area contributed by atoms with Crippen LogP contribution in [0.4, 0.5) is 4.39 Å². The van der Waals surface area contributed by atoms with E-state index in [2.05, 4.69) is 0 Å². The van der Waals surface area contributed by atoms with Crippen molar-refractivity contribution in [3.8, 4) is 5.75 Å². The maximum Gasteiger partial charge on any atom is 0.222 e. The Kier molecular flexibility index (Phi) is 7.91. The molecule has 2 aromatic rings. The predicted molar refractivity (Wildman–Crippen MR) is 114 cm³/mol. The molecule has 6 nitrogen and oxygen atoms in total. The number of hydrogen-bond donors (Lipinski definition) is 3. The Bertz CT molecular complexity index is 892. The normalized spacial score (nSPS) is 23.0. The highest BCUT2D eigenvalue weighted by molar-refractivity contribution is 6.31. The van der Waals surface area contributed by atoms with E-state index in [0.717, 1.165) is 0 Å². The van der Waals surface area contributed by atoms with Crippen molar-refractivity contribution in [2.45, 2.75) is 50.8 Å². The van der Waals surface area contributed by atoms with Crippen LogP contribution in [0.1, 0.15) is 37.0 Å². The Morgan fingerprint density at radius 1 is 1.26 bits per heavy atom. The summed E-state index contributed by atoms with van der Waals surface area (Å²) in [5.41, 5.74) is 1.88. The van der Waals surface area contributed by atoms with Gasteiger partial charge in [0, 0.05) is 17.0 Å². The van der Waals surface area contributed by atoms with Crippen molar-refractivity contribution in [3.05, 3.63) is 63.9 Å². The molecule has 2 aromatic carbocycles. The number of aliphatic hydroxyl groups excluding tert-OH is 3. The highest BCUT2D eigenvalue weighted by Gasteiger charge is 2.49. The summed E-state index contributed by atoms with van der Waals surface area (Å²) in [7, 11) is 0. The van der Waals surface area contributed by atoms with E-state index in [1.54, 1.807) is 44.2 Å². The lowest BCUT2D eigenvalue weighted by molar-refractivity contribution is -0.244. The topological polar surface area (TPSA) is 88.4 Å². The van der Waals surface area contributed by atoms with E-state index in [-0.39, 0.29) is 25.4 Å². The molecule has 0 spiro atoms. The fraction of sp³-hybridized carbons (Fsp3) is 0.478. The van der Waals surface area contributed by atoms with Crippen LogP contribution >= 0.6 is 11.6 Å². The molecule has 4 atom stereocenters. The third-order valence-electron chi connectivity index (χ3n) is 5.17. The molecule has 0 aromatic heterocycles. The van der Waals surface area contributed by atoms with Crippen molar-refractivity contribution in [1.82, 2.24) is 0 Å². The molecule has 4 unspecified atom stereocenters. The number of hydrogen-bond acceptors (Lipinski definition) is 6. The van der Waals surface area contributed by atoms with Gasteiger partial charge in [-0.2, -0.15) is 0 Å². The zero-order chi connectivity index (χ0) is 22.6. The van der Waals surface area contributed by atoms with Crippen molar-refractivity contribution in [2.24, 2.45) is 0 Å². The number of halogens is 2. The summed E-state index contributed by atoms with van der Waals surface area (Å²) >= 11 is 6.40. The molecule has 1 saturated heterocycles. The summed E-state index contributed by atoms with van der Waals surface area (Å²) in [5.74, 6) is -1.81. The molecular formula is C23H28ClFO6. The van der Waals surface area contributed by atoms with Crippen LogP contribution in [0.5, 0.6) is 5.75 Å². The number of aliphatic hydroxyl groups is 3. The first-order chi connectivity index (χ1) is 14.8. The second-order valence-electron chi connectivity index (χ2n) is 7.68. The molecule has 1 aliphatic heterocycles. The van der Waals surface area contributed by atoms with Crippen molar-refractivity contribution >= 4 is 11.6 Å². The molecule has 170 valence electrons. The van der Waals surface area contributed by atoms with Gasteiger partial charge in [-0.25, -0.2) is 4.39 Å². The lowest BCUT2D eigenvalue weighted by Crippen LogP contribution is -2.43. The van der Waals surface area contributed by atoms with Gasteiger partial charge in [-0.15, -0.1) is 0 Å². The Labute approximate surface area is 186 Å². The largest absolute Gasteiger partial charge is 0.491 e. The maximum atomic E-state index is 14.3. The van der Waals surface area contributed by atoms with Crippen LogP contribution in [0.25, 0.3) is 0 Å². The zero-order valence-corrected chi connectivity index (χ0v) is 18.3. The smallest absolute Gasteiger partial charge is 0.222 e. The third kappa shape index (κ3) is 5.37. The second-order valence-corrected chi connectivity index (χ2v) is 8.09. The minimum Gasteiger partial charge on any atom is -0.491 e. The molecule has 0 radical (unpaired) electrons. The van der Waals surface area contributed by atoms with Gasteiger partial charge < -0.3 is 29.5 Å².